The highest BCUT2D eigenvalue weighted by atomic mass is 32.2. The number of anilines is 1. The van der Waals surface area contributed by atoms with Gasteiger partial charge in [0, 0.05) is 19.2 Å². The first-order chi connectivity index (χ1) is 12.4. The lowest BCUT2D eigenvalue weighted by molar-refractivity contribution is 0.584. The van der Waals surface area contributed by atoms with Gasteiger partial charge in [-0.2, -0.15) is 0 Å². The summed E-state index contributed by atoms with van der Waals surface area (Å²) in [6, 6.07) is 8.58. The van der Waals surface area contributed by atoms with E-state index in [9.17, 15) is 8.42 Å². The minimum Gasteiger partial charge on any atom is -0.382 e. The molecule has 1 aromatic carbocycles. The molecule has 26 heavy (non-hydrogen) atoms. The zero-order chi connectivity index (χ0) is 18.7. The summed E-state index contributed by atoms with van der Waals surface area (Å²) in [6.45, 7) is 4.66. The van der Waals surface area contributed by atoms with Crippen LogP contribution in [0.1, 0.15) is 31.2 Å². The number of nitrogen functional groups attached to an aromatic ring is 1. The summed E-state index contributed by atoms with van der Waals surface area (Å²) in [6.07, 6.45) is 4.03. The largest absolute Gasteiger partial charge is 0.382 e. The second-order valence-corrected chi connectivity index (χ2v) is 8.55. The maximum Gasteiger partial charge on any atom is 0.178 e. The number of hydrogen-bond acceptors (Lipinski definition) is 5. The summed E-state index contributed by atoms with van der Waals surface area (Å²) in [4.78, 5) is 9.22. The van der Waals surface area contributed by atoms with Gasteiger partial charge in [-0.25, -0.2) is 18.4 Å². The number of rotatable bonds is 7. The van der Waals surface area contributed by atoms with E-state index >= 15 is 0 Å². The minimum absolute atomic E-state index is 0.0991. The highest BCUT2D eigenvalue weighted by Crippen LogP contribution is 2.25. The number of nitrogens with two attached hydrogens (primary N) is 1. The number of aromatic nitrogens is 3. The Bertz CT molecular complexity index is 1010. The van der Waals surface area contributed by atoms with Crippen LogP contribution in [0, 0.1) is 6.92 Å². The van der Waals surface area contributed by atoms with E-state index in [1.807, 2.05) is 13.0 Å². The molecule has 0 aliphatic heterocycles. The lowest BCUT2D eigenvalue weighted by Crippen LogP contribution is -2.12. The molecule has 7 heteroatoms. The summed E-state index contributed by atoms with van der Waals surface area (Å²) in [7, 11) is -3.28. The van der Waals surface area contributed by atoms with E-state index in [0.717, 1.165) is 29.7 Å². The number of fused-ring (bicyclic) bond motifs is 1. The second kappa shape index (κ2) is 7.45. The van der Waals surface area contributed by atoms with Crippen LogP contribution in [0.2, 0.25) is 0 Å². The molecule has 0 aliphatic rings. The van der Waals surface area contributed by atoms with E-state index in [0.29, 0.717) is 29.2 Å². The summed E-state index contributed by atoms with van der Waals surface area (Å²) in [5.41, 5.74) is 8.65. The van der Waals surface area contributed by atoms with Gasteiger partial charge in [-0.3, -0.25) is 0 Å². The molecule has 6 nitrogen and oxygen atoms in total. The van der Waals surface area contributed by atoms with Gasteiger partial charge in [0.2, 0.25) is 0 Å². The van der Waals surface area contributed by atoms with E-state index in [1.54, 1.807) is 30.5 Å². The zero-order valence-electron chi connectivity index (χ0n) is 15.1. The summed E-state index contributed by atoms with van der Waals surface area (Å²) in [5, 5.41) is 0. The highest BCUT2D eigenvalue weighted by Gasteiger charge is 2.17. The lowest BCUT2D eigenvalue weighted by Gasteiger charge is -2.11. The van der Waals surface area contributed by atoms with Crippen LogP contribution in [0.3, 0.4) is 0 Å². The Kier molecular flexibility index (Phi) is 5.27. The predicted octanol–water partition coefficient (Wildman–Crippen LogP) is 3.14. The topological polar surface area (TPSA) is 90.9 Å². The third-order valence-electron chi connectivity index (χ3n) is 4.43. The van der Waals surface area contributed by atoms with Gasteiger partial charge >= 0.3 is 0 Å². The molecule has 0 saturated heterocycles. The van der Waals surface area contributed by atoms with Crippen LogP contribution in [-0.2, 0) is 22.8 Å². The number of aryl methyl sites for hydroxylation is 3. The number of hydrogen-bond donors (Lipinski definition) is 1. The standard InChI is InChI=1S/C19H24N4O2S/c1-3-8-16-22-17-18(14(2)13-21-19(17)20)23(16)11-7-12-26(24,25)15-9-5-4-6-10-15/h4-6,9-10,13H,3,7-8,11-12H2,1-2H3,(H2,20,21). The van der Waals surface area contributed by atoms with Gasteiger partial charge in [0.05, 0.1) is 16.2 Å². The van der Waals surface area contributed by atoms with Crippen molar-refractivity contribution in [1.82, 2.24) is 14.5 Å². The van der Waals surface area contributed by atoms with Gasteiger partial charge in [-0.1, -0.05) is 25.1 Å². The van der Waals surface area contributed by atoms with Crippen molar-refractivity contribution in [1.29, 1.82) is 0 Å². The second-order valence-electron chi connectivity index (χ2n) is 6.44. The Labute approximate surface area is 154 Å². The van der Waals surface area contributed by atoms with Crippen molar-refractivity contribution in [2.24, 2.45) is 0 Å². The van der Waals surface area contributed by atoms with Gasteiger partial charge in [-0.05, 0) is 37.5 Å². The van der Waals surface area contributed by atoms with Crippen molar-refractivity contribution < 1.29 is 8.42 Å². The van der Waals surface area contributed by atoms with Crippen molar-refractivity contribution in [2.45, 2.75) is 44.6 Å². The van der Waals surface area contributed by atoms with E-state index in [2.05, 4.69) is 21.5 Å². The number of sulfone groups is 1. The van der Waals surface area contributed by atoms with Crippen LogP contribution in [0.15, 0.2) is 41.4 Å². The maximum atomic E-state index is 12.5. The highest BCUT2D eigenvalue weighted by molar-refractivity contribution is 7.91. The number of imidazole rings is 1. The Balaban J connectivity index is 1.87. The van der Waals surface area contributed by atoms with Gasteiger partial charge < -0.3 is 10.3 Å². The molecular weight excluding hydrogens is 348 g/mol. The van der Waals surface area contributed by atoms with E-state index in [1.165, 1.54) is 0 Å². The van der Waals surface area contributed by atoms with Crippen LogP contribution in [0.25, 0.3) is 11.0 Å². The molecule has 0 aliphatic carbocycles. The molecular formula is C19H24N4O2S. The molecule has 2 heterocycles. The molecule has 0 fully saturated rings. The fourth-order valence-electron chi connectivity index (χ4n) is 3.18. The van der Waals surface area contributed by atoms with Crippen LogP contribution in [0.5, 0.6) is 0 Å². The molecule has 0 bridgehead atoms. The molecule has 138 valence electrons. The number of pyridine rings is 1. The van der Waals surface area contributed by atoms with Crippen molar-refractivity contribution in [2.75, 3.05) is 11.5 Å². The van der Waals surface area contributed by atoms with Crippen molar-refractivity contribution in [3.8, 4) is 0 Å². The average molecular weight is 372 g/mol. The third kappa shape index (κ3) is 3.58. The van der Waals surface area contributed by atoms with E-state index in [-0.39, 0.29) is 5.75 Å². The third-order valence-corrected chi connectivity index (χ3v) is 6.25. The first-order valence-electron chi connectivity index (χ1n) is 8.82. The van der Waals surface area contributed by atoms with Gasteiger partial charge in [0.25, 0.3) is 0 Å². The quantitative estimate of drug-likeness (QED) is 0.688. The Morgan fingerprint density at radius 1 is 1.19 bits per heavy atom. The van der Waals surface area contributed by atoms with Crippen molar-refractivity contribution in [3.05, 3.63) is 47.9 Å². The van der Waals surface area contributed by atoms with E-state index < -0.39 is 9.84 Å². The average Bonchev–Trinajstić information content (AvgIpc) is 2.99. The maximum absolute atomic E-state index is 12.5. The number of nitrogens with zero attached hydrogens (tertiary/aromatic N) is 3. The summed E-state index contributed by atoms with van der Waals surface area (Å²) in [5.74, 6) is 1.45. The fraction of sp³-hybridized carbons (Fsp3) is 0.368. The SMILES string of the molecule is CCCc1nc2c(N)ncc(C)c2n1CCCS(=O)(=O)c1ccccc1. The molecule has 0 radical (unpaired) electrons. The minimum atomic E-state index is -3.28. The molecule has 3 rings (SSSR count). The molecule has 2 N–H and O–H groups in total. The van der Waals surface area contributed by atoms with Gasteiger partial charge in [-0.15, -0.1) is 0 Å². The Morgan fingerprint density at radius 3 is 2.62 bits per heavy atom. The Hall–Kier alpha value is -2.41. The zero-order valence-corrected chi connectivity index (χ0v) is 16.0. The van der Waals surface area contributed by atoms with Crippen LogP contribution in [0.4, 0.5) is 5.82 Å². The fourth-order valence-corrected chi connectivity index (χ4v) is 4.50. The summed E-state index contributed by atoms with van der Waals surface area (Å²) >= 11 is 0. The molecule has 0 atom stereocenters. The molecule has 0 spiro atoms. The molecule has 3 aromatic rings. The number of benzene rings is 1. The smallest absolute Gasteiger partial charge is 0.178 e. The Morgan fingerprint density at radius 2 is 1.92 bits per heavy atom. The lowest BCUT2D eigenvalue weighted by atomic mass is 10.2. The van der Waals surface area contributed by atoms with Gasteiger partial charge in [0.15, 0.2) is 15.7 Å². The van der Waals surface area contributed by atoms with Gasteiger partial charge in [0.1, 0.15) is 11.3 Å². The van der Waals surface area contributed by atoms with Crippen LogP contribution < -0.4 is 5.73 Å². The van der Waals surface area contributed by atoms with Crippen molar-refractivity contribution in [3.63, 3.8) is 0 Å². The molecule has 0 amide bonds. The van der Waals surface area contributed by atoms with Crippen LogP contribution in [-0.4, -0.2) is 28.7 Å². The first-order valence-corrected chi connectivity index (χ1v) is 10.5. The normalized spacial score (nSPS) is 11.9. The first kappa shape index (κ1) is 18.4. The van der Waals surface area contributed by atoms with E-state index in [4.69, 9.17) is 5.73 Å². The summed E-state index contributed by atoms with van der Waals surface area (Å²) < 4.78 is 27.1. The molecule has 0 unspecified atom stereocenters. The molecule has 2 aromatic heterocycles. The molecule has 0 saturated carbocycles. The monoisotopic (exact) mass is 372 g/mol. The predicted molar refractivity (Wildman–Crippen MR) is 104 cm³/mol. The van der Waals surface area contributed by atoms with Crippen LogP contribution >= 0.6 is 0 Å². The van der Waals surface area contributed by atoms with Crippen molar-refractivity contribution >= 4 is 26.7 Å².